The molecule has 0 spiro atoms. The Balaban J connectivity index is 1.61. The van der Waals surface area contributed by atoms with Crippen LogP contribution in [0.15, 0.2) is 40.9 Å². The maximum absolute atomic E-state index is 9.99. The normalized spacial score (nSPS) is 11.5. The van der Waals surface area contributed by atoms with Gasteiger partial charge in [-0.2, -0.15) is 14.0 Å². The van der Waals surface area contributed by atoms with Crippen molar-refractivity contribution in [3.8, 4) is 29.1 Å². The van der Waals surface area contributed by atoms with E-state index in [1.165, 1.54) is 63.1 Å². The van der Waals surface area contributed by atoms with Gasteiger partial charge in [0, 0.05) is 28.3 Å². The molecule has 0 N–H and O–H groups in total. The monoisotopic (exact) mass is 843 g/mol. The minimum Gasteiger partial charge on any atom is -0.493 e. The van der Waals surface area contributed by atoms with Crippen LogP contribution in [0.4, 0.5) is 0 Å². The molecule has 0 fully saturated rings. The van der Waals surface area contributed by atoms with Crippen molar-refractivity contribution >= 4 is 63.0 Å². The average Bonchev–Trinajstić information content (AvgIpc) is 3.71. The summed E-state index contributed by atoms with van der Waals surface area (Å²) in [4.78, 5) is 0. The van der Waals surface area contributed by atoms with Crippen molar-refractivity contribution in [2.45, 2.75) is 130 Å². The third-order valence-corrected chi connectivity index (χ3v) is 10.8. The van der Waals surface area contributed by atoms with E-state index in [1.807, 2.05) is 24.3 Å². The standard InChI is InChI=1S/C47H62BrN3O4S/c1-5-9-13-17-27-52-42-33-40(35-49)43(53-28-18-14-10-6-2)31-38(42)25-23-36-21-22-37(47-46(36)50-56-51-47)24-26-39-32-45(55-30-20-16-12-8-4)41(48)34-44(39)54-29-19-15-11-7-3/h21-26,31-34H,5-20,27-30H2,1-4H3/b25-23+,26-24+. The summed E-state index contributed by atoms with van der Waals surface area (Å²) in [5.41, 5.74) is 5.90. The zero-order valence-corrected chi connectivity index (χ0v) is 36.6. The summed E-state index contributed by atoms with van der Waals surface area (Å²) < 4.78 is 35.3. The summed E-state index contributed by atoms with van der Waals surface area (Å²) in [6.07, 6.45) is 26.3. The molecule has 0 saturated heterocycles. The second kappa shape index (κ2) is 26.1. The molecule has 0 radical (unpaired) electrons. The number of nitriles is 1. The van der Waals surface area contributed by atoms with E-state index in [0.717, 1.165) is 101 Å². The van der Waals surface area contributed by atoms with Gasteiger partial charge < -0.3 is 18.9 Å². The molecule has 0 saturated carbocycles. The summed E-state index contributed by atoms with van der Waals surface area (Å²) >= 11 is 4.94. The predicted octanol–water partition coefficient (Wildman–Crippen LogP) is 14.5. The van der Waals surface area contributed by atoms with Crippen molar-refractivity contribution in [1.29, 1.82) is 5.26 Å². The maximum atomic E-state index is 9.99. The van der Waals surface area contributed by atoms with Gasteiger partial charge >= 0.3 is 0 Å². The van der Waals surface area contributed by atoms with Gasteiger partial charge in [-0.25, -0.2) is 0 Å². The molecule has 4 aromatic rings. The molecule has 56 heavy (non-hydrogen) atoms. The van der Waals surface area contributed by atoms with Crippen LogP contribution in [-0.4, -0.2) is 35.2 Å². The highest BCUT2D eigenvalue weighted by atomic mass is 79.9. The molecule has 302 valence electrons. The van der Waals surface area contributed by atoms with Crippen LogP contribution < -0.4 is 18.9 Å². The topological polar surface area (TPSA) is 86.5 Å². The lowest BCUT2D eigenvalue weighted by molar-refractivity contribution is 0.295. The van der Waals surface area contributed by atoms with Gasteiger partial charge in [0.2, 0.25) is 0 Å². The minimum atomic E-state index is 0.491. The fraction of sp³-hybridized carbons (Fsp3) is 0.511. The van der Waals surface area contributed by atoms with Crippen molar-refractivity contribution in [1.82, 2.24) is 8.75 Å². The predicted molar refractivity (Wildman–Crippen MR) is 239 cm³/mol. The van der Waals surface area contributed by atoms with Crippen LogP contribution in [0.5, 0.6) is 23.0 Å². The number of nitrogens with zero attached hydrogens (tertiary/aromatic N) is 3. The fourth-order valence-corrected chi connectivity index (χ4v) is 7.36. The molecule has 0 bridgehead atoms. The molecule has 0 atom stereocenters. The van der Waals surface area contributed by atoms with E-state index >= 15 is 0 Å². The van der Waals surface area contributed by atoms with E-state index in [9.17, 15) is 5.26 Å². The second-order valence-electron chi connectivity index (χ2n) is 14.3. The van der Waals surface area contributed by atoms with Crippen LogP contribution in [0.25, 0.3) is 35.3 Å². The van der Waals surface area contributed by atoms with E-state index in [0.29, 0.717) is 43.5 Å². The number of hydrogen-bond donors (Lipinski definition) is 0. The SMILES string of the molecule is CCCCCCOc1cc(/C=C/c2ccc(/C=C/c3cc(OCCCCCC)c(C#N)cc3OCCCCCC)c3nsnc23)c(OCCCCCC)cc1Br. The number of fused-ring (bicyclic) bond motifs is 1. The summed E-state index contributed by atoms with van der Waals surface area (Å²) in [6, 6.07) is 14.4. The summed E-state index contributed by atoms with van der Waals surface area (Å²) in [7, 11) is 0. The Morgan fingerprint density at radius 1 is 0.518 bits per heavy atom. The molecule has 1 aromatic heterocycles. The summed E-state index contributed by atoms with van der Waals surface area (Å²) in [5.74, 6) is 2.91. The van der Waals surface area contributed by atoms with Crippen molar-refractivity contribution in [3.05, 3.63) is 68.7 Å². The number of benzene rings is 3. The molecule has 0 aliphatic heterocycles. The van der Waals surface area contributed by atoms with Crippen LogP contribution in [0.2, 0.25) is 0 Å². The molecule has 4 rings (SSSR count). The zero-order valence-electron chi connectivity index (χ0n) is 34.2. The quantitative estimate of drug-likeness (QED) is 0.0416. The smallest absolute Gasteiger partial charge is 0.137 e. The van der Waals surface area contributed by atoms with Crippen molar-refractivity contribution in [3.63, 3.8) is 0 Å². The van der Waals surface area contributed by atoms with Gasteiger partial charge in [0.05, 0.1) is 48.2 Å². The molecular weight excluding hydrogens is 783 g/mol. The van der Waals surface area contributed by atoms with Crippen molar-refractivity contribution in [2.75, 3.05) is 26.4 Å². The minimum absolute atomic E-state index is 0.491. The van der Waals surface area contributed by atoms with Crippen molar-refractivity contribution in [2.24, 2.45) is 0 Å². The molecule has 3 aromatic carbocycles. The van der Waals surface area contributed by atoms with Gasteiger partial charge in [-0.3, -0.25) is 0 Å². The molecule has 9 heteroatoms. The van der Waals surface area contributed by atoms with Gasteiger partial charge in [0.15, 0.2) is 0 Å². The van der Waals surface area contributed by atoms with Crippen LogP contribution in [-0.2, 0) is 0 Å². The first-order valence-corrected chi connectivity index (χ1v) is 22.6. The maximum Gasteiger partial charge on any atom is 0.137 e. The largest absolute Gasteiger partial charge is 0.493 e. The second-order valence-corrected chi connectivity index (χ2v) is 15.7. The Hall–Kier alpha value is -3.87. The Morgan fingerprint density at radius 2 is 0.911 bits per heavy atom. The van der Waals surface area contributed by atoms with Gasteiger partial charge in [0.25, 0.3) is 0 Å². The van der Waals surface area contributed by atoms with E-state index in [1.54, 1.807) is 0 Å². The lowest BCUT2D eigenvalue weighted by atomic mass is 10.0. The van der Waals surface area contributed by atoms with Gasteiger partial charge in [-0.05, 0) is 59.8 Å². The highest BCUT2D eigenvalue weighted by Gasteiger charge is 2.14. The van der Waals surface area contributed by atoms with Crippen LogP contribution in [0.1, 0.15) is 158 Å². The Kier molecular flexibility index (Phi) is 20.9. The molecule has 0 amide bonds. The zero-order chi connectivity index (χ0) is 39.8. The molecule has 7 nitrogen and oxygen atoms in total. The van der Waals surface area contributed by atoms with E-state index in [4.69, 9.17) is 27.7 Å². The third kappa shape index (κ3) is 14.6. The highest BCUT2D eigenvalue weighted by Crippen LogP contribution is 2.36. The average molecular weight is 845 g/mol. The Morgan fingerprint density at radius 3 is 1.36 bits per heavy atom. The number of unbranched alkanes of at least 4 members (excludes halogenated alkanes) is 12. The molecule has 0 unspecified atom stereocenters. The van der Waals surface area contributed by atoms with E-state index in [-0.39, 0.29) is 0 Å². The molecule has 1 heterocycles. The molecular formula is C47H62BrN3O4S. The number of rotatable bonds is 28. The summed E-state index contributed by atoms with van der Waals surface area (Å²) in [5, 5.41) is 9.99. The van der Waals surface area contributed by atoms with Crippen LogP contribution in [0.3, 0.4) is 0 Å². The van der Waals surface area contributed by atoms with Crippen LogP contribution >= 0.6 is 27.7 Å². The number of ether oxygens (including phenoxy) is 4. The first-order chi connectivity index (χ1) is 27.5. The lowest BCUT2D eigenvalue weighted by Crippen LogP contribution is -2.03. The number of hydrogen-bond acceptors (Lipinski definition) is 8. The first-order valence-electron chi connectivity index (χ1n) is 21.1. The van der Waals surface area contributed by atoms with Crippen molar-refractivity contribution < 1.29 is 18.9 Å². The number of aromatic nitrogens is 2. The summed E-state index contributed by atoms with van der Waals surface area (Å²) in [6.45, 7) is 11.4. The van der Waals surface area contributed by atoms with E-state index in [2.05, 4.69) is 86.1 Å². The first kappa shape index (κ1) is 44.8. The Bertz CT molecular complexity index is 1860. The third-order valence-electron chi connectivity index (χ3n) is 9.68. The fourth-order valence-electron chi connectivity index (χ4n) is 6.33. The lowest BCUT2D eigenvalue weighted by Gasteiger charge is -2.14. The van der Waals surface area contributed by atoms with Gasteiger partial charge in [-0.15, -0.1) is 0 Å². The number of halogens is 1. The van der Waals surface area contributed by atoms with Gasteiger partial charge in [0.1, 0.15) is 40.1 Å². The van der Waals surface area contributed by atoms with E-state index < -0.39 is 0 Å². The molecule has 0 aliphatic carbocycles. The Labute approximate surface area is 349 Å². The highest BCUT2D eigenvalue weighted by molar-refractivity contribution is 9.10. The van der Waals surface area contributed by atoms with Gasteiger partial charge in [-0.1, -0.05) is 141 Å². The van der Waals surface area contributed by atoms with Crippen LogP contribution in [0, 0.1) is 11.3 Å². The molecule has 0 aliphatic rings.